The lowest BCUT2D eigenvalue weighted by Gasteiger charge is -2.26. The molecule has 1 saturated heterocycles. The summed E-state index contributed by atoms with van der Waals surface area (Å²) in [5.41, 5.74) is 9.01. The van der Waals surface area contributed by atoms with Crippen LogP contribution < -0.4 is 10.5 Å². The minimum Gasteiger partial charge on any atom is -0.489 e. The summed E-state index contributed by atoms with van der Waals surface area (Å²) in [5, 5.41) is 0. The van der Waals surface area contributed by atoms with Gasteiger partial charge in [0.15, 0.2) is 0 Å². The smallest absolute Gasteiger partial charge is 0.305 e. The van der Waals surface area contributed by atoms with Crippen molar-refractivity contribution in [1.82, 2.24) is 9.80 Å². The maximum absolute atomic E-state index is 13.0. The zero-order valence-corrected chi connectivity index (χ0v) is 19.9. The van der Waals surface area contributed by atoms with E-state index in [1.807, 2.05) is 18.2 Å². The zero-order valence-electron chi connectivity index (χ0n) is 19.9. The van der Waals surface area contributed by atoms with Gasteiger partial charge in [-0.15, -0.1) is 0 Å². The van der Waals surface area contributed by atoms with Crippen LogP contribution in [0.4, 0.5) is 0 Å². The summed E-state index contributed by atoms with van der Waals surface area (Å²) in [6.45, 7) is 4.88. The van der Waals surface area contributed by atoms with E-state index in [0.717, 1.165) is 38.4 Å². The highest BCUT2D eigenvalue weighted by atomic mass is 16.5. The first-order valence-electron chi connectivity index (χ1n) is 11.8. The van der Waals surface area contributed by atoms with Gasteiger partial charge < -0.3 is 24.8 Å². The standard InChI is InChI=1S/C26H31N3O6/c1-33-24(30)10-9-22(25(27)31)29-16-21-20(26(29)32)3-2-4-23(21)35-17-19-7-5-18(6-8-19)15-28-11-13-34-14-12-28/h2-8,22H,9-17H2,1H3,(H2,27,31)/t22-/m0/s1. The van der Waals surface area contributed by atoms with Crippen molar-refractivity contribution in [2.24, 2.45) is 5.73 Å². The molecule has 0 spiro atoms. The molecule has 0 bridgehead atoms. The zero-order chi connectivity index (χ0) is 24.8. The summed E-state index contributed by atoms with van der Waals surface area (Å²) in [7, 11) is 1.28. The summed E-state index contributed by atoms with van der Waals surface area (Å²) in [6, 6.07) is 12.7. The summed E-state index contributed by atoms with van der Waals surface area (Å²) < 4.78 is 16.1. The second-order valence-electron chi connectivity index (χ2n) is 8.74. The number of nitrogens with zero attached hydrogens (tertiary/aromatic N) is 2. The van der Waals surface area contributed by atoms with E-state index in [9.17, 15) is 14.4 Å². The number of methoxy groups -OCH3 is 1. The van der Waals surface area contributed by atoms with E-state index in [-0.39, 0.29) is 25.3 Å². The summed E-state index contributed by atoms with van der Waals surface area (Å²) in [4.78, 5) is 40.4. The molecular weight excluding hydrogens is 450 g/mol. The highest BCUT2D eigenvalue weighted by Gasteiger charge is 2.37. The van der Waals surface area contributed by atoms with Crippen LogP contribution >= 0.6 is 0 Å². The number of ether oxygens (including phenoxy) is 3. The SMILES string of the molecule is COC(=O)CC[C@@H](C(N)=O)N1Cc2c(OCc3ccc(CN4CCOCC4)cc3)cccc2C1=O. The molecule has 0 radical (unpaired) electrons. The molecule has 0 aliphatic carbocycles. The predicted octanol–water partition coefficient (Wildman–Crippen LogP) is 1.86. The van der Waals surface area contributed by atoms with Gasteiger partial charge in [-0.2, -0.15) is 0 Å². The Balaban J connectivity index is 1.39. The summed E-state index contributed by atoms with van der Waals surface area (Å²) in [6.07, 6.45) is 0.101. The van der Waals surface area contributed by atoms with Crippen LogP contribution in [0, 0.1) is 0 Å². The van der Waals surface area contributed by atoms with E-state index in [1.165, 1.54) is 17.6 Å². The first-order valence-corrected chi connectivity index (χ1v) is 11.8. The van der Waals surface area contributed by atoms with E-state index in [2.05, 4.69) is 21.8 Å². The van der Waals surface area contributed by atoms with E-state index >= 15 is 0 Å². The minimum atomic E-state index is -0.902. The second-order valence-corrected chi connectivity index (χ2v) is 8.74. The van der Waals surface area contributed by atoms with Gasteiger partial charge in [-0.05, 0) is 29.7 Å². The third-order valence-electron chi connectivity index (χ3n) is 6.43. The van der Waals surface area contributed by atoms with Gasteiger partial charge in [-0.25, -0.2) is 0 Å². The van der Waals surface area contributed by atoms with Crippen LogP contribution in [0.25, 0.3) is 0 Å². The molecule has 0 unspecified atom stereocenters. The number of primary amides is 1. The van der Waals surface area contributed by atoms with Crippen LogP contribution in [0.5, 0.6) is 5.75 Å². The summed E-state index contributed by atoms with van der Waals surface area (Å²) >= 11 is 0. The van der Waals surface area contributed by atoms with Gasteiger partial charge in [-0.3, -0.25) is 19.3 Å². The Bertz CT molecular complexity index is 1070. The Morgan fingerprint density at radius 1 is 1.09 bits per heavy atom. The van der Waals surface area contributed by atoms with Crippen LogP contribution in [0.1, 0.15) is 39.9 Å². The number of esters is 1. The molecule has 2 aliphatic rings. The van der Waals surface area contributed by atoms with E-state index < -0.39 is 17.9 Å². The van der Waals surface area contributed by atoms with E-state index in [0.29, 0.717) is 23.5 Å². The molecule has 1 fully saturated rings. The van der Waals surface area contributed by atoms with Gasteiger partial charge in [0.05, 0.1) is 26.9 Å². The number of hydrogen-bond donors (Lipinski definition) is 1. The van der Waals surface area contributed by atoms with Crippen molar-refractivity contribution in [1.29, 1.82) is 0 Å². The van der Waals surface area contributed by atoms with Crippen molar-refractivity contribution in [3.8, 4) is 5.75 Å². The Hall–Kier alpha value is -3.43. The van der Waals surface area contributed by atoms with Crippen molar-refractivity contribution < 1.29 is 28.6 Å². The minimum absolute atomic E-state index is 0.00484. The molecule has 35 heavy (non-hydrogen) atoms. The van der Waals surface area contributed by atoms with Crippen LogP contribution in [0.2, 0.25) is 0 Å². The Labute approximate surface area is 204 Å². The number of hydrogen-bond acceptors (Lipinski definition) is 7. The fourth-order valence-corrected chi connectivity index (χ4v) is 4.44. The monoisotopic (exact) mass is 481 g/mol. The average molecular weight is 482 g/mol. The average Bonchev–Trinajstić information content (AvgIpc) is 3.20. The van der Waals surface area contributed by atoms with E-state index in [4.69, 9.17) is 15.2 Å². The molecule has 1 atom stereocenters. The highest BCUT2D eigenvalue weighted by molar-refractivity contribution is 6.01. The largest absolute Gasteiger partial charge is 0.489 e. The molecule has 2 aliphatic heterocycles. The predicted molar refractivity (Wildman–Crippen MR) is 127 cm³/mol. The lowest BCUT2D eigenvalue weighted by atomic mass is 10.1. The van der Waals surface area contributed by atoms with Crippen LogP contribution in [0.15, 0.2) is 42.5 Å². The van der Waals surface area contributed by atoms with Crippen LogP contribution in [-0.2, 0) is 38.8 Å². The number of morpholine rings is 1. The van der Waals surface area contributed by atoms with Crippen molar-refractivity contribution in [3.63, 3.8) is 0 Å². The number of amides is 2. The third-order valence-corrected chi connectivity index (χ3v) is 6.43. The van der Waals surface area contributed by atoms with Gasteiger partial charge in [-0.1, -0.05) is 30.3 Å². The molecule has 4 rings (SSSR count). The number of benzene rings is 2. The molecule has 9 nitrogen and oxygen atoms in total. The normalized spacial score (nSPS) is 16.6. The quantitative estimate of drug-likeness (QED) is 0.516. The lowest BCUT2D eigenvalue weighted by molar-refractivity contribution is -0.141. The van der Waals surface area contributed by atoms with Crippen molar-refractivity contribution in [2.75, 3.05) is 33.4 Å². The Morgan fingerprint density at radius 3 is 2.49 bits per heavy atom. The molecule has 2 heterocycles. The second kappa shape index (κ2) is 11.3. The molecule has 2 amide bonds. The van der Waals surface area contributed by atoms with E-state index in [1.54, 1.807) is 12.1 Å². The molecule has 0 aromatic heterocycles. The van der Waals surface area contributed by atoms with Crippen molar-refractivity contribution in [3.05, 3.63) is 64.7 Å². The molecule has 186 valence electrons. The maximum atomic E-state index is 13.0. The number of carbonyl (C=O) groups is 3. The number of rotatable bonds is 10. The van der Waals surface area contributed by atoms with Gasteiger partial charge in [0, 0.05) is 37.2 Å². The first kappa shape index (κ1) is 24.7. The number of fused-ring (bicyclic) bond motifs is 1. The topological polar surface area (TPSA) is 111 Å². The van der Waals surface area contributed by atoms with Crippen LogP contribution in [-0.4, -0.2) is 67.0 Å². The fourth-order valence-electron chi connectivity index (χ4n) is 4.44. The molecule has 2 N–H and O–H groups in total. The molecule has 2 aromatic rings. The number of nitrogens with two attached hydrogens (primary N) is 1. The summed E-state index contributed by atoms with van der Waals surface area (Å²) in [5.74, 6) is -0.825. The highest BCUT2D eigenvalue weighted by Crippen LogP contribution is 2.33. The van der Waals surface area contributed by atoms with Crippen LogP contribution in [0.3, 0.4) is 0 Å². The Kier molecular flexibility index (Phi) is 7.99. The molecule has 9 heteroatoms. The van der Waals surface area contributed by atoms with Crippen molar-refractivity contribution >= 4 is 17.8 Å². The van der Waals surface area contributed by atoms with Gasteiger partial charge >= 0.3 is 5.97 Å². The van der Waals surface area contributed by atoms with Gasteiger partial charge in [0.25, 0.3) is 5.91 Å². The van der Waals surface area contributed by atoms with Gasteiger partial charge in [0.2, 0.25) is 5.91 Å². The molecular formula is C26H31N3O6. The third kappa shape index (κ3) is 5.98. The number of carbonyl (C=O) groups excluding carboxylic acids is 3. The fraction of sp³-hybridized carbons (Fsp3) is 0.423. The lowest BCUT2D eigenvalue weighted by Crippen LogP contribution is -2.45. The Morgan fingerprint density at radius 2 is 1.80 bits per heavy atom. The maximum Gasteiger partial charge on any atom is 0.305 e. The van der Waals surface area contributed by atoms with Gasteiger partial charge in [0.1, 0.15) is 18.4 Å². The first-order chi connectivity index (χ1) is 17.0. The van der Waals surface area contributed by atoms with Crippen molar-refractivity contribution in [2.45, 2.75) is 38.6 Å². The molecule has 2 aromatic carbocycles. The molecule has 0 saturated carbocycles.